The zero-order valence-corrected chi connectivity index (χ0v) is 68.6. The molecule has 0 aliphatic heterocycles. The maximum absolute atomic E-state index is 12.9. The van der Waals surface area contributed by atoms with Gasteiger partial charge in [0.15, 0.2) is 6.10 Å². The molecule has 0 saturated heterocycles. The molecule has 0 radical (unpaired) electrons. The van der Waals surface area contributed by atoms with Gasteiger partial charge in [-0.15, -0.1) is 0 Å². The number of carbonyl (C=O) groups excluding carboxylic acids is 2. The molecule has 0 aliphatic carbocycles. The molecule has 0 fully saturated rings. The Morgan fingerprint density at radius 1 is 0.320 bits per heavy atom. The van der Waals surface area contributed by atoms with Gasteiger partial charge in [-0.1, -0.05) is 448 Å². The predicted molar refractivity (Wildman–Crippen MR) is 434 cm³/mol. The number of quaternary nitrogens is 1. The zero-order valence-electron chi connectivity index (χ0n) is 67.7. The van der Waals surface area contributed by atoms with E-state index in [0.29, 0.717) is 17.4 Å². The predicted octanol–water partition coefficient (Wildman–Crippen LogP) is 29.2. The Morgan fingerprint density at radius 3 is 0.850 bits per heavy atom. The monoisotopic (exact) mass is 1430 g/mol. The van der Waals surface area contributed by atoms with E-state index in [1.165, 1.54) is 372 Å². The smallest absolute Gasteiger partial charge is 0.306 e. The van der Waals surface area contributed by atoms with Crippen LogP contribution in [0.25, 0.3) is 0 Å². The molecule has 2 atom stereocenters. The third-order valence-electron chi connectivity index (χ3n) is 20.4. The van der Waals surface area contributed by atoms with E-state index in [0.717, 1.165) is 57.8 Å². The number of allylic oxidation sites excluding steroid dienone is 8. The van der Waals surface area contributed by atoms with Crippen LogP contribution in [0.5, 0.6) is 0 Å². The summed E-state index contributed by atoms with van der Waals surface area (Å²) in [6.07, 6.45) is 109. The van der Waals surface area contributed by atoms with Gasteiger partial charge in [0.05, 0.1) is 27.7 Å². The Morgan fingerprint density at radius 2 is 0.570 bits per heavy atom. The number of hydrogen-bond acceptors (Lipinski definition) is 8. The average Bonchev–Trinajstić information content (AvgIpc) is 1.07. The lowest BCUT2D eigenvalue weighted by Crippen LogP contribution is -2.37. The normalized spacial score (nSPS) is 13.1. The number of esters is 2. The second kappa shape index (κ2) is 81.1. The van der Waals surface area contributed by atoms with Gasteiger partial charge in [-0.3, -0.25) is 14.2 Å². The number of unbranched alkanes of at least 4 members (excludes halogenated alkanes) is 62. The van der Waals surface area contributed by atoms with Gasteiger partial charge in [-0.2, -0.15) is 0 Å². The van der Waals surface area contributed by atoms with Gasteiger partial charge >= 0.3 is 11.9 Å². The highest BCUT2D eigenvalue weighted by atomic mass is 31.2. The molecule has 0 heterocycles. The van der Waals surface area contributed by atoms with Gasteiger partial charge in [0.25, 0.3) is 7.82 Å². The minimum absolute atomic E-state index is 0.0268. The number of likely N-dealkylation sites (N-methyl/N-ethyl adjacent to an activating group) is 1. The molecule has 0 amide bonds. The van der Waals surface area contributed by atoms with E-state index in [-0.39, 0.29) is 32.0 Å². The summed E-state index contributed by atoms with van der Waals surface area (Å²) in [5, 5.41) is 0. The van der Waals surface area contributed by atoms with Crippen molar-refractivity contribution in [2.75, 3.05) is 47.5 Å². The van der Waals surface area contributed by atoms with Gasteiger partial charge < -0.3 is 27.9 Å². The number of hydrogen-bond donors (Lipinski definition) is 0. The molecular weight excluding hydrogens is 1250 g/mol. The first-order valence-electron chi connectivity index (χ1n) is 44.3. The Bertz CT molecular complexity index is 1830. The van der Waals surface area contributed by atoms with Crippen LogP contribution in [-0.2, 0) is 32.7 Å². The first-order chi connectivity index (χ1) is 49.0. The minimum Gasteiger partial charge on any atom is -0.756 e. The zero-order chi connectivity index (χ0) is 72.5. The van der Waals surface area contributed by atoms with Gasteiger partial charge in [0.1, 0.15) is 19.8 Å². The van der Waals surface area contributed by atoms with E-state index in [4.69, 9.17) is 18.5 Å². The van der Waals surface area contributed by atoms with Crippen LogP contribution in [0, 0.1) is 0 Å². The van der Waals surface area contributed by atoms with Crippen molar-refractivity contribution in [3.05, 3.63) is 48.6 Å². The number of carbonyl (C=O) groups is 2. The van der Waals surface area contributed by atoms with E-state index in [1.807, 2.05) is 21.1 Å². The molecular formula is C90H172NO8P. The van der Waals surface area contributed by atoms with Crippen LogP contribution in [0.15, 0.2) is 48.6 Å². The van der Waals surface area contributed by atoms with E-state index >= 15 is 0 Å². The molecule has 9 nitrogen and oxygen atoms in total. The lowest BCUT2D eigenvalue weighted by atomic mass is 10.0. The molecule has 0 bridgehead atoms. The number of nitrogens with zero attached hydrogens (tertiary/aromatic N) is 1. The fraction of sp³-hybridized carbons (Fsp3) is 0.889. The highest BCUT2D eigenvalue weighted by Crippen LogP contribution is 2.38. The molecule has 0 aromatic heterocycles. The van der Waals surface area contributed by atoms with Crippen molar-refractivity contribution >= 4 is 19.8 Å². The van der Waals surface area contributed by atoms with Crippen LogP contribution in [0.1, 0.15) is 463 Å². The molecule has 0 aromatic carbocycles. The molecule has 0 aliphatic rings. The average molecular weight is 1430 g/mol. The maximum Gasteiger partial charge on any atom is 0.306 e. The van der Waals surface area contributed by atoms with Crippen molar-refractivity contribution in [3.63, 3.8) is 0 Å². The van der Waals surface area contributed by atoms with E-state index in [9.17, 15) is 19.0 Å². The summed E-state index contributed by atoms with van der Waals surface area (Å²) in [5.41, 5.74) is 0. The quantitative estimate of drug-likeness (QED) is 0.0195. The summed E-state index contributed by atoms with van der Waals surface area (Å²) < 4.78 is 34.5. The summed E-state index contributed by atoms with van der Waals surface area (Å²) >= 11 is 0. The maximum atomic E-state index is 12.9. The Balaban J connectivity index is 3.84. The third-order valence-corrected chi connectivity index (χ3v) is 21.3. The summed E-state index contributed by atoms with van der Waals surface area (Å²) in [4.78, 5) is 38.3. The SMILES string of the molecule is CC/C=C\C/C=C\C/C=C\C/C=C\CCCCCCCCCCCCCCCCCCCCCCCCCCCCC(=O)OC(COC(=O)CCCCCCCCCCCCCCCCCCCCCCCCCCCCCCCCCCCCCCC)COP(=O)([O-])OCC[N+](C)(C)C. The lowest BCUT2D eigenvalue weighted by molar-refractivity contribution is -0.870. The summed E-state index contributed by atoms with van der Waals surface area (Å²) in [6.45, 7) is 4.22. The fourth-order valence-electron chi connectivity index (χ4n) is 13.7. The Labute approximate surface area is 624 Å². The van der Waals surface area contributed by atoms with Gasteiger partial charge in [0.2, 0.25) is 0 Å². The molecule has 0 spiro atoms. The van der Waals surface area contributed by atoms with Crippen LogP contribution < -0.4 is 4.89 Å². The standard InChI is InChI=1S/C90H172NO8P/c1-6-8-10-12-14-16-18-20-22-24-26-28-30-32-34-36-38-40-42-44-45-47-49-51-53-55-57-59-61-63-65-67-69-71-73-75-77-79-81-83-90(93)99-88(87-98-100(94,95)97-85-84-91(3,4)5)86-96-89(92)82-80-78-76-74-72-70-68-66-64-62-60-58-56-54-52-50-48-46-43-41-39-37-35-33-31-29-27-25-23-21-19-17-15-13-11-9-7-2/h8,10,14,16,20,22,26,28,88H,6-7,9,11-13,15,17-19,21,23-25,27,29-87H2,1-5H3/b10-8-,16-14-,22-20-,28-26-. The lowest BCUT2D eigenvalue weighted by Gasteiger charge is -2.28. The molecule has 0 N–H and O–H groups in total. The van der Waals surface area contributed by atoms with Crippen molar-refractivity contribution in [3.8, 4) is 0 Å². The van der Waals surface area contributed by atoms with Crippen molar-refractivity contribution in [1.82, 2.24) is 0 Å². The van der Waals surface area contributed by atoms with Crippen LogP contribution in [0.4, 0.5) is 0 Å². The van der Waals surface area contributed by atoms with Crippen LogP contribution in [0.2, 0.25) is 0 Å². The van der Waals surface area contributed by atoms with Crippen molar-refractivity contribution in [2.45, 2.75) is 469 Å². The topological polar surface area (TPSA) is 111 Å². The van der Waals surface area contributed by atoms with E-state index < -0.39 is 26.5 Å². The number of phosphoric ester groups is 1. The van der Waals surface area contributed by atoms with Crippen LogP contribution in [0.3, 0.4) is 0 Å². The molecule has 0 aromatic rings. The first-order valence-corrected chi connectivity index (χ1v) is 45.8. The van der Waals surface area contributed by atoms with Gasteiger partial charge in [-0.25, -0.2) is 0 Å². The highest BCUT2D eigenvalue weighted by molar-refractivity contribution is 7.45. The molecule has 10 heteroatoms. The second-order valence-corrected chi connectivity index (χ2v) is 33.0. The molecule has 100 heavy (non-hydrogen) atoms. The van der Waals surface area contributed by atoms with Crippen LogP contribution >= 0.6 is 7.82 Å². The second-order valence-electron chi connectivity index (χ2n) is 31.6. The molecule has 0 saturated carbocycles. The number of phosphoric acid groups is 1. The minimum atomic E-state index is -4.64. The highest BCUT2D eigenvalue weighted by Gasteiger charge is 2.22. The van der Waals surface area contributed by atoms with Crippen molar-refractivity contribution < 1.29 is 42.1 Å². The Hall–Kier alpha value is -2.03. The van der Waals surface area contributed by atoms with Gasteiger partial charge in [-0.05, 0) is 51.4 Å². The summed E-state index contributed by atoms with van der Waals surface area (Å²) in [5.74, 6) is -0.803. The van der Waals surface area contributed by atoms with Crippen molar-refractivity contribution in [2.24, 2.45) is 0 Å². The summed E-state index contributed by atoms with van der Waals surface area (Å²) in [6, 6.07) is 0. The first kappa shape index (κ1) is 98.0. The molecule has 2 unspecified atom stereocenters. The molecule has 590 valence electrons. The Kier molecular flexibility index (Phi) is 79.4. The fourth-order valence-corrected chi connectivity index (χ4v) is 14.4. The largest absolute Gasteiger partial charge is 0.756 e. The third kappa shape index (κ3) is 84.9. The van der Waals surface area contributed by atoms with E-state index in [1.54, 1.807) is 0 Å². The van der Waals surface area contributed by atoms with E-state index in [2.05, 4.69) is 62.5 Å². The van der Waals surface area contributed by atoms with Gasteiger partial charge in [0, 0.05) is 12.8 Å². The summed E-state index contributed by atoms with van der Waals surface area (Å²) in [7, 11) is 1.19. The van der Waals surface area contributed by atoms with Crippen LogP contribution in [-0.4, -0.2) is 70.0 Å². The number of ether oxygens (including phenoxy) is 2. The number of rotatable bonds is 84. The van der Waals surface area contributed by atoms with Crippen molar-refractivity contribution in [1.29, 1.82) is 0 Å². The molecule has 0 rings (SSSR count).